The molecule has 0 spiro atoms. The molecular weight excluding hydrogens is 346 g/mol. The summed E-state index contributed by atoms with van der Waals surface area (Å²) < 4.78 is 5.03. The Morgan fingerprint density at radius 2 is 1.85 bits per heavy atom. The van der Waals surface area contributed by atoms with Crippen LogP contribution in [-0.2, 0) is 14.3 Å². The second kappa shape index (κ2) is 7.03. The van der Waals surface area contributed by atoms with Gasteiger partial charge in [-0.15, -0.1) is 11.8 Å². The van der Waals surface area contributed by atoms with E-state index in [0.717, 1.165) is 22.6 Å². The first kappa shape index (κ1) is 18.9. The number of benzene rings is 1. The third-order valence-corrected chi connectivity index (χ3v) is 5.99. The Hall–Kier alpha value is -1.88. The molecule has 26 heavy (non-hydrogen) atoms. The molecule has 1 fully saturated rings. The van der Waals surface area contributed by atoms with E-state index in [1.54, 1.807) is 11.8 Å². The molecule has 0 saturated heterocycles. The van der Waals surface area contributed by atoms with Crippen LogP contribution in [0.5, 0.6) is 0 Å². The lowest BCUT2D eigenvalue weighted by Gasteiger charge is -2.41. The highest BCUT2D eigenvalue weighted by Gasteiger charge is 2.47. The van der Waals surface area contributed by atoms with Crippen molar-refractivity contribution in [3.63, 3.8) is 0 Å². The van der Waals surface area contributed by atoms with Gasteiger partial charge in [-0.05, 0) is 42.7 Å². The lowest BCUT2D eigenvalue weighted by Crippen LogP contribution is -2.44. The standard InChI is InChI=1S/C21H25NO3S/c1-12-17(20(24)25-4)18(13-6-8-14(26-5)9-7-13)19-15(22-12)10-21(2,3)11-16(19)23/h6-9,18-19H,10-11H2,1-5H3. The van der Waals surface area contributed by atoms with Crippen LogP contribution in [0.15, 0.2) is 45.4 Å². The fourth-order valence-corrected chi connectivity index (χ4v) is 4.55. The lowest BCUT2D eigenvalue weighted by molar-refractivity contribution is -0.136. The summed E-state index contributed by atoms with van der Waals surface area (Å²) in [6, 6.07) is 8.10. The van der Waals surface area contributed by atoms with Gasteiger partial charge >= 0.3 is 5.97 Å². The molecule has 2 aliphatic rings. The van der Waals surface area contributed by atoms with E-state index in [1.165, 1.54) is 7.11 Å². The first-order valence-corrected chi connectivity index (χ1v) is 10.0. The molecule has 1 saturated carbocycles. The number of esters is 1. The van der Waals surface area contributed by atoms with Crippen molar-refractivity contribution in [1.82, 2.24) is 0 Å². The van der Waals surface area contributed by atoms with Gasteiger partial charge in [0.2, 0.25) is 0 Å². The predicted molar refractivity (Wildman–Crippen MR) is 105 cm³/mol. The summed E-state index contributed by atoms with van der Waals surface area (Å²) >= 11 is 1.67. The molecule has 4 nitrogen and oxygen atoms in total. The van der Waals surface area contributed by atoms with Crippen molar-refractivity contribution in [3.05, 3.63) is 41.1 Å². The summed E-state index contributed by atoms with van der Waals surface area (Å²) in [4.78, 5) is 31.4. The van der Waals surface area contributed by atoms with E-state index in [4.69, 9.17) is 4.74 Å². The maximum absolute atomic E-state index is 13.1. The molecule has 1 aromatic carbocycles. The van der Waals surface area contributed by atoms with E-state index in [9.17, 15) is 9.59 Å². The van der Waals surface area contributed by atoms with Crippen LogP contribution in [0.1, 0.15) is 45.1 Å². The van der Waals surface area contributed by atoms with Gasteiger partial charge in [-0.3, -0.25) is 9.79 Å². The summed E-state index contributed by atoms with van der Waals surface area (Å²) in [5.41, 5.74) is 2.94. The molecule has 0 amide bonds. The number of Topliss-reactive ketones (excluding diaryl/α,β-unsaturated/α-hetero) is 1. The largest absolute Gasteiger partial charge is 0.466 e. The molecule has 138 valence electrons. The maximum Gasteiger partial charge on any atom is 0.336 e. The van der Waals surface area contributed by atoms with Gasteiger partial charge in [-0.1, -0.05) is 26.0 Å². The Labute approximate surface area is 159 Å². The highest BCUT2D eigenvalue weighted by Crippen LogP contribution is 2.47. The Kier molecular flexibility index (Phi) is 5.11. The number of carbonyl (C=O) groups is 2. The van der Waals surface area contributed by atoms with E-state index in [2.05, 4.69) is 18.8 Å². The molecule has 3 rings (SSSR count). The molecule has 0 radical (unpaired) electrons. The molecule has 1 aromatic rings. The summed E-state index contributed by atoms with van der Waals surface area (Å²) in [5.74, 6) is -0.940. The van der Waals surface area contributed by atoms with E-state index in [0.29, 0.717) is 17.7 Å². The van der Waals surface area contributed by atoms with Crippen molar-refractivity contribution in [2.24, 2.45) is 16.3 Å². The number of hydrogen-bond donors (Lipinski definition) is 0. The maximum atomic E-state index is 13.1. The quantitative estimate of drug-likeness (QED) is 0.584. The number of carbonyl (C=O) groups excluding carboxylic acids is 2. The first-order valence-electron chi connectivity index (χ1n) is 8.80. The Morgan fingerprint density at radius 1 is 1.19 bits per heavy atom. The van der Waals surface area contributed by atoms with Crippen molar-refractivity contribution in [3.8, 4) is 0 Å². The summed E-state index contributed by atoms with van der Waals surface area (Å²) in [6.07, 6.45) is 3.30. The monoisotopic (exact) mass is 371 g/mol. The molecule has 1 heterocycles. The van der Waals surface area contributed by atoms with Gasteiger partial charge in [0.25, 0.3) is 0 Å². The number of fused-ring (bicyclic) bond motifs is 1. The molecule has 2 atom stereocenters. The van der Waals surface area contributed by atoms with Gasteiger partial charge in [0, 0.05) is 28.6 Å². The lowest BCUT2D eigenvalue weighted by atomic mass is 9.63. The zero-order valence-corrected chi connectivity index (χ0v) is 16.8. The Bertz CT molecular complexity index is 805. The van der Waals surface area contributed by atoms with Crippen molar-refractivity contribution < 1.29 is 14.3 Å². The molecule has 1 aliphatic carbocycles. The van der Waals surface area contributed by atoms with Gasteiger partial charge in [0.1, 0.15) is 5.78 Å². The van der Waals surface area contributed by atoms with Crippen LogP contribution >= 0.6 is 11.8 Å². The number of thioether (sulfide) groups is 1. The number of hydrogen-bond acceptors (Lipinski definition) is 5. The highest BCUT2D eigenvalue weighted by atomic mass is 32.2. The van der Waals surface area contributed by atoms with Gasteiger partial charge in [-0.2, -0.15) is 0 Å². The molecule has 0 aromatic heterocycles. The van der Waals surface area contributed by atoms with Gasteiger partial charge in [0.05, 0.1) is 18.6 Å². The normalized spacial score (nSPS) is 24.8. The fourth-order valence-electron chi connectivity index (χ4n) is 4.14. The smallest absolute Gasteiger partial charge is 0.336 e. The number of ketones is 1. The van der Waals surface area contributed by atoms with Gasteiger partial charge in [0.15, 0.2) is 0 Å². The van der Waals surface area contributed by atoms with E-state index in [1.807, 2.05) is 37.4 Å². The average Bonchev–Trinajstić information content (AvgIpc) is 2.59. The van der Waals surface area contributed by atoms with Crippen LogP contribution < -0.4 is 0 Å². The molecule has 0 N–H and O–H groups in total. The van der Waals surface area contributed by atoms with Crippen molar-refractivity contribution in [2.45, 2.75) is 44.4 Å². The number of methoxy groups -OCH3 is 1. The number of aliphatic imine (C=N–C) groups is 1. The summed E-state index contributed by atoms with van der Waals surface area (Å²) in [6.45, 7) is 6.03. The minimum Gasteiger partial charge on any atom is -0.466 e. The zero-order chi connectivity index (χ0) is 19.1. The summed E-state index contributed by atoms with van der Waals surface area (Å²) in [7, 11) is 1.38. The number of rotatable bonds is 3. The molecule has 0 bridgehead atoms. The van der Waals surface area contributed by atoms with Crippen LogP contribution in [0.25, 0.3) is 0 Å². The third-order valence-electron chi connectivity index (χ3n) is 5.24. The number of nitrogens with zero attached hydrogens (tertiary/aromatic N) is 1. The Balaban J connectivity index is 2.15. The van der Waals surface area contributed by atoms with E-state index >= 15 is 0 Å². The van der Waals surface area contributed by atoms with Gasteiger partial charge in [-0.25, -0.2) is 4.79 Å². The molecule has 1 aliphatic heterocycles. The second-order valence-corrected chi connectivity index (χ2v) is 8.69. The molecular formula is C21H25NO3S. The molecule has 5 heteroatoms. The molecule has 2 unspecified atom stereocenters. The third kappa shape index (κ3) is 3.37. The SMILES string of the molecule is COC(=O)C1=C(C)N=C2CC(C)(C)CC(=O)C2C1c1ccc(SC)cc1. The van der Waals surface area contributed by atoms with Crippen molar-refractivity contribution >= 4 is 29.2 Å². The van der Waals surface area contributed by atoms with Gasteiger partial charge < -0.3 is 4.74 Å². The minimum absolute atomic E-state index is 0.0945. The second-order valence-electron chi connectivity index (χ2n) is 7.81. The zero-order valence-electron chi connectivity index (χ0n) is 16.0. The minimum atomic E-state index is -0.401. The van der Waals surface area contributed by atoms with Crippen molar-refractivity contribution in [2.75, 3.05) is 13.4 Å². The van der Waals surface area contributed by atoms with E-state index in [-0.39, 0.29) is 23.0 Å². The van der Waals surface area contributed by atoms with Crippen LogP contribution in [0.3, 0.4) is 0 Å². The topological polar surface area (TPSA) is 55.7 Å². The first-order chi connectivity index (χ1) is 12.3. The van der Waals surface area contributed by atoms with Crippen LogP contribution in [0.2, 0.25) is 0 Å². The van der Waals surface area contributed by atoms with Crippen LogP contribution in [0, 0.1) is 11.3 Å². The number of ether oxygens (including phenoxy) is 1. The summed E-state index contributed by atoms with van der Waals surface area (Å²) in [5, 5.41) is 0. The average molecular weight is 372 g/mol. The van der Waals surface area contributed by atoms with E-state index < -0.39 is 5.97 Å². The van der Waals surface area contributed by atoms with Crippen LogP contribution in [-0.4, -0.2) is 30.8 Å². The van der Waals surface area contributed by atoms with Crippen molar-refractivity contribution in [1.29, 1.82) is 0 Å². The highest BCUT2D eigenvalue weighted by molar-refractivity contribution is 7.98. The fraction of sp³-hybridized carbons (Fsp3) is 0.476. The number of allylic oxidation sites excluding steroid dienone is 1. The Morgan fingerprint density at radius 3 is 2.42 bits per heavy atom. The predicted octanol–water partition coefficient (Wildman–Crippen LogP) is 4.40. The van der Waals surface area contributed by atoms with Crippen LogP contribution in [0.4, 0.5) is 0 Å².